The predicted octanol–water partition coefficient (Wildman–Crippen LogP) is 4.20. The van der Waals surface area contributed by atoms with Crippen LogP contribution in [0, 0.1) is 6.92 Å². The molecular weight excluding hydrogens is 470 g/mol. The van der Waals surface area contributed by atoms with Crippen LogP contribution in [0.4, 0.5) is 0 Å². The smallest absolute Gasteiger partial charge is 0.274 e. The van der Waals surface area contributed by atoms with E-state index in [0.29, 0.717) is 18.3 Å². The molecule has 2 amide bonds. The summed E-state index contributed by atoms with van der Waals surface area (Å²) in [7, 11) is 0. The Bertz CT molecular complexity index is 1460. The number of carbonyl (C=O) groups excluding carboxylic acids is 2. The molecular formula is C28H29N5O2S. The molecule has 0 bridgehead atoms. The number of aromatic nitrogens is 2. The maximum absolute atomic E-state index is 13.1. The van der Waals surface area contributed by atoms with E-state index in [-0.39, 0.29) is 25.3 Å². The lowest BCUT2D eigenvalue weighted by molar-refractivity contribution is -0.0364. The van der Waals surface area contributed by atoms with E-state index in [1.54, 1.807) is 16.8 Å². The lowest BCUT2D eigenvalue weighted by atomic mass is 9.97. The minimum absolute atomic E-state index is 0. The fraction of sp³-hybridized carbons (Fsp3) is 0.321. The molecule has 0 spiro atoms. The molecule has 0 atom stereocenters. The largest absolute Gasteiger partial charge is 0.335 e. The first kappa shape index (κ1) is 22.9. The van der Waals surface area contributed by atoms with Gasteiger partial charge in [-0.2, -0.15) is 0 Å². The number of nitrogens with zero attached hydrogens (tertiary/aromatic N) is 5. The number of aryl methyl sites for hydroxylation is 1. The van der Waals surface area contributed by atoms with Crippen LogP contribution in [0.1, 0.15) is 38.7 Å². The molecule has 36 heavy (non-hydrogen) atoms. The third-order valence-electron chi connectivity index (χ3n) is 7.66. The summed E-state index contributed by atoms with van der Waals surface area (Å²) in [5, 5.41) is 1.07. The molecule has 0 N–H and O–H groups in total. The van der Waals surface area contributed by atoms with Gasteiger partial charge in [-0.1, -0.05) is 25.1 Å². The van der Waals surface area contributed by atoms with Crippen molar-refractivity contribution in [2.24, 2.45) is 0 Å². The summed E-state index contributed by atoms with van der Waals surface area (Å²) < 4.78 is 2.16. The zero-order valence-corrected chi connectivity index (χ0v) is 20.2. The van der Waals surface area contributed by atoms with Crippen molar-refractivity contribution in [2.45, 2.75) is 33.0 Å². The summed E-state index contributed by atoms with van der Waals surface area (Å²) in [6.07, 6.45) is 2.06. The number of thiazole rings is 1. The third-order valence-corrected chi connectivity index (χ3v) is 8.48. The Hall–Kier alpha value is -3.49. The Morgan fingerprint density at radius 3 is 2.53 bits per heavy atom. The monoisotopic (exact) mass is 499 g/mol. The number of likely N-dealkylation sites (tertiary alicyclic amines) is 2. The van der Waals surface area contributed by atoms with E-state index in [0.717, 1.165) is 53.2 Å². The van der Waals surface area contributed by atoms with Crippen molar-refractivity contribution in [1.29, 1.82) is 0 Å². The summed E-state index contributed by atoms with van der Waals surface area (Å²) in [6, 6.07) is 17.1. The highest BCUT2D eigenvalue weighted by Gasteiger charge is 2.45. The zero-order valence-electron chi connectivity index (χ0n) is 19.4. The molecule has 0 aliphatic carbocycles. The van der Waals surface area contributed by atoms with Crippen LogP contribution >= 0.6 is 11.3 Å². The molecule has 3 aliphatic rings. The van der Waals surface area contributed by atoms with E-state index < -0.39 is 0 Å². The van der Waals surface area contributed by atoms with Gasteiger partial charge in [0.2, 0.25) is 0 Å². The Morgan fingerprint density at radius 2 is 1.78 bits per heavy atom. The fourth-order valence-electron chi connectivity index (χ4n) is 5.44. The van der Waals surface area contributed by atoms with Crippen molar-refractivity contribution in [3.63, 3.8) is 0 Å². The molecule has 2 fully saturated rings. The third kappa shape index (κ3) is 3.55. The van der Waals surface area contributed by atoms with Gasteiger partial charge in [-0.05, 0) is 43.3 Å². The van der Waals surface area contributed by atoms with Crippen LogP contribution in [0.2, 0.25) is 0 Å². The van der Waals surface area contributed by atoms with Crippen LogP contribution in [-0.2, 0) is 6.54 Å². The molecule has 2 saturated heterocycles. The fourth-order valence-corrected chi connectivity index (χ4v) is 6.19. The maximum atomic E-state index is 13.1. The normalized spacial score (nSPS) is 18.2. The van der Waals surface area contributed by atoms with Crippen LogP contribution in [-0.4, -0.2) is 74.3 Å². The first-order chi connectivity index (χ1) is 17.0. The highest BCUT2D eigenvalue weighted by Crippen LogP contribution is 2.32. The van der Waals surface area contributed by atoms with Crippen molar-refractivity contribution in [1.82, 2.24) is 24.3 Å². The minimum Gasteiger partial charge on any atom is -0.335 e. The zero-order chi connectivity index (χ0) is 23.7. The first-order valence-electron chi connectivity index (χ1n) is 12.0. The van der Waals surface area contributed by atoms with Gasteiger partial charge in [-0.3, -0.25) is 14.5 Å². The van der Waals surface area contributed by atoms with Gasteiger partial charge in [0.25, 0.3) is 11.8 Å². The Morgan fingerprint density at radius 1 is 1.00 bits per heavy atom. The average molecular weight is 500 g/mol. The number of fused-ring (bicyclic) bond motifs is 2. The van der Waals surface area contributed by atoms with E-state index in [1.807, 2.05) is 28.0 Å². The van der Waals surface area contributed by atoms with Gasteiger partial charge in [0.05, 0.1) is 28.5 Å². The maximum Gasteiger partial charge on any atom is 0.274 e. The number of amides is 2. The molecule has 7 rings (SSSR count). The summed E-state index contributed by atoms with van der Waals surface area (Å²) in [6.45, 7) is 6.04. The molecule has 0 radical (unpaired) electrons. The van der Waals surface area contributed by atoms with Gasteiger partial charge < -0.3 is 14.4 Å². The highest BCUT2D eigenvalue weighted by molar-refractivity contribution is 7.10. The van der Waals surface area contributed by atoms with Crippen molar-refractivity contribution in [2.75, 3.05) is 26.2 Å². The van der Waals surface area contributed by atoms with E-state index in [4.69, 9.17) is 0 Å². The molecule has 3 aliphatic heterocycles. The summed E-state index contributed by atoms with van der Waals surface area (Å²) >= 11 is 1.56. The summed E-state index contributed by atoms with van der Waals surface area (Å²) in [4.78, 5) is 37.2. The standard InChI is InChI=1S/C27H25N5O2S.CH4/c1-17-2-5-20(6-3-17)31-9-8-18-10-19(4-7-23(18)31)26(33)30-11-21(12-30)29-13-22(14-29)32-15-24-25(27(32)34)28-16-35-24;/h2-10,16,21-22H,11-15H2,1H3;1H4. The first-order valence-corrected chi connectivity index (χ1v) is 12.9. The summed E-state index contributed by atoms with van der Waals surface area (Å²) in [5.41, 5.74) is 6.58. The lowest BCUT2D eigenvalue weighted by Crippen LogP contribution is -2.70. The van der Waals surface area contributed by atoms with Gasteiger partial charge >= 0.3 is 0 Å². The van der Waals surface area contributed by atoms with E-state index >= 15 is 0 Å². The Labute approximate surface area is 214 Å². The number of benzene rings is 2. The van der Waals surface area contributed by atoms with Gasteiger partial charge in [0.1, 0.15) is 5.69 Å². The number of rotatable bonds is 4. The van der Waals surface area contributed by atoms with Crippen molar-refractivity contribution < 1.29 is 9.59 Å². The van der Waals surface area contributed by atoms with Gasteiger partial charge in [0, 0.05) is 55.1 Å². The molecule has 8 heteroatoms. The van der Waals surface area contributed by atoms with Crippen LogP contribution in [0.5, 0.6) is 0 Å². The summed E-state index contributed by atoms with van der Waals surface area (Å²) in [5.74, 6) is 0.163. The van der Waals surface area contributed by atoms with Gasteiger partial charge in [0.15, 0.2) is 0 Å². The van der Waals surface area contributed by atoms with Crippen LogP contribution in [0.25, 0.3) is 16.6 Å². The van der Waals surface area contributed by atoms with Crippen LogP contribution in [0.15, 0.2) is 60.2 Å². The van der Waals surface area contributed by atoms with E-state index in [1.165, 1.54) is 5.56 Å². The molecule has 0 unspecified atom stereocenters. The predicted molar refractivity (Wildman–Crippen MR) is 142 cm³/mol. The SMILES string of the molecule is C.Cc1ccc(-n2ccc3cc(C(=O)N4CC(N5CC(N6Cc7scnc7C6=O)C5)C4)ccc32)cc1. The number of hydrogen-bond acceptors (Lipinski definition) is 5. The van der Waals surface area contributed by atoms with E-state index in [2.05, 4.69) is 57.9 Å². The number of carbonyl (C=O) groups is 2. The average Bonchev–Trinajstić information content (AvgIpc) is 3.51. The highest BCUT2D eigenvalue weighted by atomic mass is 32.1. The molecule has 5 heterocycles. The Kier molecular flexibility index (Phi) is 5.46. The van der Waals surface area contributed by atoms with Gasteiger partial charge in [-0.25, -0.2) is 4.98 Å². The molecule has 2 aromatic carbocycles. The van der Waals surface area contributed by atoms with Crippen molar-refractivity contribution in [3.05, 3.63) is 81.9 Å². The molecule has 4 aromatic rings. The minimum atomic E-state index is 0. The van der Waals surface area contributed by atoms with Crippen molar-refractivity contribution >= 4 is 34.1 Å². The Balaban J connectivity index is 0.00000240. The second-order valence-corrected chi connectivity index (χ2v) is 10.8. The van der Waals surface area contributed by atoms with E-state index in [9.17, 15) is 9.59 Å². The van der Waals surface area contributed by atoms with Crippen LogP contribution < -0.4 is 0 Å². The molecule has 2 aromatic heterocycles. The van der Waals surface area contributed by atoms with Crippen molar-refractivity contribution in [3.8, 4) is 5.69 Å². The molecule has 0 saturated carbocycles. The molecule has 7 nitrogen and oxygen atoms in total. The lowest BCUT2D eigenvalue weighted by Gasteiger charge is -2.53. The van der Waals surface area contributed by atoms with Gasteiger partial charge in [-0.15, -0.1) is 11.3 Å². The topological polar surface area (TPSA) is 61.7 Å². The quantitative estimate of drug-likeness (QED) is 0.422. The second-order valence-electron chi connectivity index (χ2n) is 9.82. The second kappa shape index (κ2) is 8.57. The number of hydrogen-bond donors (Lipinski definition) is 0. The van der Waals surface area contributed by atoms with Crippen LogP contribution in [0.3, 0.4) is 0 Å². The molecule has 184 valence electrons.